The van der Waals surface area contributed by atoms with Crippen LogP contribution in [0.4, 0.5) is 11.4 Å². The first-order valence-electron chi connectivity index (χ1n) is 13.0. The lowest BCUT2D eigenvalue weighted by Gasteiger charge is -2.27. The summed E-state index contributed by atoms with van der Waals surface area (Å²) in [4.78, 5) is 0. The monoisotopic (exact) mass is 469 g/mol. The molecule has 0 radical (unpaired) electrons. The van der Waals surface area contributed by atoms with Crippen molar-refractivity contribution in [1.29, 1.82) is 0 Å². The minimum absolute atomic E-state index is 0.0935. The van der Waals surface area contributed by atoms with E-state index in [2.05, 4.69) is 149 Å². The van der Waals surface area contributed by atoms with Crippen molar-refractivity contribution in [2.75, 3.05) is 5.32 Å². The Kier molecular flexibility index (Phi) is 7.08. The lowest BCUT2D eigenvalue weighted by atomic mass is 9.79. The Labute approximate surface area is 215 Å². The first kappa shape index (κ1) is 27.1. The van der Waals surface area contributed by atoms with Gasteiger partial charge >= 0.3 is 0 Å². The lowest BCUT2D eigenvalue weighted by Crippen LogP contribution is -2.17. The largest absolute Gasteiger partial charge is 0.355 e. The van der Waals surface area contributed by atoms with E-state index in [9.17, 15) is 0 Å². The molecule has 0 atom stereocenters. The van der Waals surface area contributed by atoms with Crippen LogP contribution < -0.4 is 5.32 Å². The highest BCUT2D eigenvalue weighted by Gasteiger charge is 2.22. The third-order valence-electron chi connectivity index (χ3n) is 6.81. The van der Waals surface area contributed by atoms with Gasteiger partial charge in [0.2, 0.25) is 0 Å². The summed E-state index contributed by atoms with van der Waals surface area (Å²) in [6.07, 6.45) is 0. The maximum atomic E-state index is 3.73. The molecule has 0 fully saturated rings. The molecular weight excluding hydrogens is 422 g/mol. The van der Waals surface area contributed by atoms with Crippen molar-refractivity contribution in [1.82, 2.24) is 0 Å². The van der Waals surface area contributed by atoms with Crippen LogP contribution in [0.15, 0.2) is 60.7 Å². The molecule has 0 aliphatic rings. The van der Waals surface area contributed by atoms with Gasteiger partial charge in [0.05, 0.1) is 0 Å². The number of nitrogens with one attached hydrogen (secondary N) is 1. The van der Waals surface area contributed by atoms with E-state index in [1.807, 2.05) is 0 Å². The number of anilines is 2. The van der Waals surface area contributed by atoms with Crippen LogP contribution in [-0.4, -0.2) is 0 Å². The molecule has 0 aromatic heterocycles. The third kappa shape index (κ3) is 6.78. The van der Waals surface area contributed by atoms with Crippen molar-refractivity contribution in [2.45, 2.75) is 105 Å². The minimum atomic E-state index is 0.0935. The van der Waals surface area contributed by atoms with Crippen molar-refractivity contribution in [3.8, 4) is 11.1 Å². The summed E-state index contributed by atoms with van der Waals surface area (Å²) in [5.74, 6) is 0. The molecule has 188 valence electrons. The first-order chi connectivity index (χ1) is 15.8. The minimum Gasteiger partial charge on any atom is -0.355 e. The summed E-state index contributed by atoms with van der Waals surface area (Å²) < 4.78 is 0. The fourth-order valence-corrected chi connectivity index (χ4v) is 4.17. The third-order valence-corrected chi connectivity index (χ3v) is 6.81. The molecule has 0 aliphatic heterocycles. The number of hydrogen-bond acceptors (Lipinski definition) is 1. The summed E-state index contributed by atoms with van der Waals surface area (Å²) in [6.45, 7) is 27.5. The second kappa shape index (κ2) is 9.16. The van der Waals surface area contributed by atoms with Crippen LogP contribution in [0.25, 0.3) is 11.1 Å². The van der Waals surface area contributed by atoms with Gasteiger partial charge in [-0.25, -0.2) is 0 Å². The molecule has 0 amide bonds. The highest BCUT2D eigenvalue weighted by Crippen LogP contribution is 2.36. The van der Waals surface area contributed by atoms with Gasteiger partial charge in [-0.3, -0.25) is 0 Å². The quantitative estimate of drug-likeness (QED) is 0.402. The predicted octanol–water partition coefficient (Wildman–Crippen LogP) is 10.3. The number of hydrogen-bond donors (Lipinski definition) is 1. The van der Waals surface area contributed by atoms with Crippen molar-refractivity contribution in [3.05, 3.63) is 82.9 Å². The zero-order valence-corrected chi connectivity index (χ0v) is 24.3. The number of benzene rings is 3. The van der Waals surface area contributed by atoms with Gasteiger partial charge in [0, 0.05) is 11.4 Å². The molecule has 0 bridgehead atoms. The summed E-state index contributed by atoms with van der Waals surface area (Å²) in [5.41, 5.74) is 10.7. The van der Waals surface area contributed by atoms with Crippen molar-refractivity contribution in [2.24, 2.45) is 0 Å². The molecule has 3 aromatic rings. The van der Waals surface area contributed by atoms with Crippen LogP contribution in [-0.2, 0) is 21.7 Å². The summed E-state index contributed by atoms with van der Waals surface area (Å²) in [6, 6.07) is 22.9. The molecule has 3 rings (SSSR count). The Morgan fingerprint density at radius 2 is 0.800 bits per heavy atom. The molecule has 0 saturated carbocycles. The van der Waals surface area contributed by atoms with E-state index < -0.39 is 0 Å². The second-order valence-electron chi connectivity index (χ2n) is 14.3. The van der Waals surface area contributed by atoms with Gasteiger partial charge in [0.1, 0.15) is 0 Å². The molecule has 0 aliphatic carbocycles. The van der Waals surface area contributed by atoms with Gasteiger partial charge in [-0.15, -0.1) is 0 Å². The van der Waals surface area contributed by atoms with Crippen molar-refractivity contribution in [3.63, 3.8) is 0 Å². The van der Waals surface area contributed by atoms with Crippen molar-refractivity contribution < 1.29 is 0 Å². The van der Waals surface area contributed by atoms with Crippen LogP contribution in [0.5, 0.6) is 0 Å². The van der Waals surface area contributed by atoms with E-state index in [0.717, 1.165) is 11.4 Å². The van der Waals surface area contributed by atoms with Gasteiger partial charge in [-0.1, -0.05) is 119 Å². The van der Waals surface area contributed by atoms with E-state index in [1.165, 1.54) is 33.4 Å². The van der Waals surface area contributed by atoms with E-state index in [1.54, 1.807) is 0 Å². The molecule has 35 heavy (non-hydrogen) atoms. The van der Waals surface area contributed by atoms with Crippen LogP contribution in [0.2, 0.25) is 0 Å². The Balaban J connectivity index is 2.07. The molecule has 1 N–H and O–H groups in total. The summed E-state index contributed by atoms with van der Waals surface area (Å²) in [5, 5.41) is 3.73. The molecule has 1 heteroatoms. The fraction of sp³-hybridized carbons (Fsp3) is 0.471. The molecule has 3 aromatic carbocycles. The standard InChI is InChI=1S/C34H47N/c1-31(2,3)25-16-24(17-26(19-25)32(4,5)6)23-14-13-15-29(18-23)35-30-21-27(33(7,8)9)20-28(22-30)34(10,11)12/h13-22,35H,1-12H3. The Morgan fingerprint density at radius 1 is 0.400 bits per heavy atom. The lowest BCUT2D eigenvalue weighted by molar-refractivity contribution is 0.568. The van der Waals surface area contributed by atoms with Gasteiger partial charge in [0.15, 0.2) is 0 Å². The van der Waals surface area contributed by atoms with Crippen LogP contribution in [0.1, 0.15) is 105 Å². The predicted molar refractivity (Wildman–Crippen MR) is 156 cm³/mol. The first-order valence-corrected chi connectivity index (χ1v) is 13.0. The van der Waals surface area contributed by atoms with E-state index in [4.69, 9.17) is 0 Å². The molecule has 0 spiro atoms. The van der Waals surface area contributed by atoms with Crippen LogP contribution >= 0.6 is 0 Å². The maximum Gasteiger partial charge on any atom is 0.0390 e. The highest BCUT2D eigenvalue weighted by molar-refractivity contribution is 5.73. The van der Waals surface area contributed by atoms with E-state index in [-0.39, 0.29) is 21.7 Å². The van der Waals surface area contributed by atoms with Crippen LogP contribution in [0, 0.1) is 0 Å². The Morgan fingerprint density at radius 3 is 1.20 bits per heavy atom. The highest BCUT2D eigenvalue weighted by atomic mass is 14.9. The Hall–Kier alpha value is -2.54. The Bertz CT molecular complexity index is 1120. The SMILES string of the molecule is CC(C)(C)c1cc(Nc2cccc(-c3cc(C(C)(C)C)cc(C(C)(C)C)c3)c2)cc(C(C)(C)C)c1. The van der Waals surface area contributed by atoms with Crippen LogP contribution in [0.3, 0.4) is 0 Å². The van der Waals surface area contributed by atoms with E-state index >= 15 is 0 Å². The fourth-order valence-electron chi connectivity index (χ4n) is 4.17. The van der Waals surface area contributed by atoms with Gasteiger partial charge in [-0.05, 0) is 79.3 Å². The zero-order valence-electron chi connectivity index (χ0n) is 24.3. The molecule has 0 unspecified atom stereocenters. The summed E-state index contributed by atoms with van der Waals surface area (Å²) in [7, 11) is 0. The maximum absolute atomic E-state index is 3.73. The normalized spacial score (nSPS) is 13.1. The zero-order chi connectivity index (χ0) is 26.4. The summed E-state index contributed by atoms with van der Waals surface area (Å²) >= 11 is 0. The van der Waals surface area contributed by atoms with Gasteiger partial charge in [0.25, 0.3) is 0 Å². The molecule has 0 heterocycles. The number of rotatable bonds is 3. The van der Waals surface area contributed by atoms with Crippen molar-refractivity contribution >= 4 is 11.4 Å². The smallest absolute Gasteiger partial charge is 0.0390 e. The molecule has 1 nitrogen and oxygen atoms in total. The molecular formula is C34H47N. The average Bonchev–Trinajstić information content (AvgIpc) is 2.71. The van der Waals surface area contributed by atoms with E-state index in [0.29, 0.717) is 0 Å². The second-order valence-corrected chi connectivity index (χ2v) is 14.3. The topological polar surface area (TPSA) is 12.0 Å². The van der Waals surface area contributed by atoms with Gasteiger partial charge in [-0.2, -0.15) is 0 Å². The van der Waals surface area contributed by atoms with Gasteiger partial charge < -0.3 is 5.32 Å². The molecule has 0 saturated heterocycles. The average molecular weight is 470 g/mol.